The number of carbonyl (C=O) groups excluding carboxylic acids is 1. The van der Waals surface area contributed by atoms with Gasteiger partial charge in [0.1, 0.15) is 0 Å². The number of benzene rings is 2. The lowest BCUT2D eigenvalue weighted by Crippen LogP contribution is -2.40. The maximum atomic E-state index is 12.5. The number of likely N-dealkylation sites (tertiary alicyclic amines) is 1. The molecule has 25 heavy (non-hydrogen) atoms. The Morgan fingerprint density at radius 2 is 1.76 bits per heavy atom. The number of hydrogen-bond donors (Lipinski definition) is 1. The van der Waals surface area contributed by atoms with Crippen molar-refractivity contribution in [3.63, 3.8) is 0 Å². The van der Waals surface area contributed by atoms with E-state index in [4.69, 9.17) is 0 Å². The van der Waals surface area contributed by atoms with E-state index in [9.17, 15) is 4.79 Å². The number of nitrogens with zero attached hydrogens (tertiary/aromatic N) is 1. The number of nitrogens with one attached hydrogen (secondary N) is 1. The summed E-state index contributed by atoms with van der Waals surface area (Å²) in [6, 6.07) is 18.7. The molecule has 0 unspecified atom stereocenters. The Morgan fingerprint density at radius 1 is 1.12 bits per heavy atom. The zero-order valence-electron chi connectivity index (χ0n) is 14.6. The van der Waals surface area contributed by atoms with Crippen LogP contribution in [0.15, 0.2) is 59.1 Å². The van der Waals surface area contributed by atoms with Gasteiger partial charge >= 0.3 is 0 Å². The second-order valence-electron chi connectivity index (χ2n) is 6.82. The van der Waals surface area contributed by atoms with E-state index in [-0.39, 0.29) is 17.9 Å². The van der Waals surface area contributed by atoms with Gasteiger partial charge < -0.3 is 5.32 Å². The molecule has 0 aromatic heterocycles. The number of amides is 1. The Kier molecular flexibility index (Phi) is 6.27. The number of rotatable bonds is 5. The minimum Gasteiger partial charge on any atom is -0.349 e. The highest BCUT2D eigenvalue weighted by Crippen LogP contribution is 2.21. The van der Waals surface area contributed by atoms with Crippen molar-refractivity contribution >= 4 is 21.8 Å². The fourth-order valence-corrected chi connectivity index (χ4v) is 3.62. The van der Waals surface area contributed by atoms with E-state index in [0.717, 1.165) is 42.5 Å². The molecule has 2 aromatic carbocycles. The molecule has 0 aliphatic carbocycles. The molecule has 1 saturated heterocycles. The molecule has 1 fully saturated rings. The minimum absolute atomic E-state index is 0.0643. The predicted octanol–water partition coefficient (Wildman–Crippen LogP) is 4.54. The normalized spacial score (nSPS) is 17.2. The molecule has 132 valence electrons. The molecule has 1 amide bonds. The zero-order valence-corrected chi connectivity index (χ0v) is 16.2. The number of halogens is 1. The topological polar surface area (TPSA) is 32.3 Å². The average Bonchev–Trinajstić information content (AvgIpc) is 2.65. The van der Waals surface area contributed by atoms with Crippen LogP contribution in [0.25, 0.3) is 0 Å². The second kappa shape index (κ2) is 8.63. The summed E-state index contributed by atoms with van der Waals surface area (Å²) in [6.07, 6.45) is 1.87. The number of piperidine rings is 1. The van der Waals surface area contributed by atoms with Crippen molar-refractivity contribution in [2.75, 3.05) is 13.1 Å². The van der Waals surface area contributed by atoms with Gasteiger partial charge in [-0.1, -0.05) is 58.4 Å². The summed E-state index contributed by atoms with van der Waals surface area (Å²) >= 11 is 3.47. The lowest BCUT2D eigenvalue weighted by atomic mass is 9.95. The molecule has 0 bridgehead atoms. The molecule has 1 atom stereocenters. The van der Waals surface area contributed by atoms with Crippen LogP contribution in [0.5, 0.6) is 0 Å². The average molecular weight is 401 g/mol. The first kappa shape index (κ1) is 18.2. The van der Waals surface area contributed by atoms with E-state index in [1.165, 1.54) is 5.56 Å². The highest BCUT2D eigenvalue weighted by molar-refractivity contribution is 9.10. The summed E-state index contributed by atoms with van der Waals surface area (Å²) in [7, 11) is 0. The third-order valence-electron chi connectivity index (χ3n) is 4.94. The fraction of sp³-hybridized carbons (Fsp3) is 0.381. The van der Waals surface area contributed by atoms with E-state index < -0.39 is 0 Å². The third kappa shape index (κ3) is 5.16. The van der Waals surface area contributed by atoms with E-state index in [2.05, 4.69) is 69.5 Å². The van der Waals surface area contributed by atoms with Crippen LogP contribution >= 0.6 is 15.9 Å². The summed E-state index contributed by atoms with van der Waals surface area (Å²) in [5.74, 6) is 0.326. The monoisotopic (exact) mass is 400 g/mol. The first-order valence-electron chi connectivity index (χ1n) is 8.94. The molecule has 1 aliphatic rings. The maximum Gasteiger partial charge on any atom is 0.223 e. The van der Waals surface area contributed by atoms with Gasteiger partial charge in [0, 0.05) is 16.9 Å². The highest BCUT2D eigenvalue weighted by Gasteiger charge is 2.25. The Morgan fingerprint density at radius 3 is 2.40 bits per heavy atom. The molecule has 3 nitrogen and oxygen atoms in total. The van der Waals surface area contributed by atoms with Crippen molar-refractivity contribution in [3.05, 3.63) is 70.2 Å². The van der Waals surface area contributed by atoms with Gasteiger partial charge in [0.25, 0.3) is 0 Å². The Hall–Kier alpha value is -1.65. The van der Waals surface area contributed by atoms with E-state index >= 15 is 0 Å². The predicted molar refractivity (Wildman–Crippen MR) is 105 cm³/mol. The molecule has 0 radical (unpaired) electrons. The third-order valence-corrected chi connectivity index (χ3v) is 5.46. The Balaban J connectivity index is 1.46. The van der Waals surface area contributed by atoms with Crippen LogP contribution in [0.4, 0.5) is 0 Å². The van der Waals surface area contributed by atoms with Gasteiger partial charge in [-0.3, -0.25) is 9.69 Å². The molecule has 0 spiro atoms. The van der Waals surface area contributed by atoms with Crippen molar-refractivity contribution < 1.29 is 4.79 Å². The fourth-order valence-electron chi connectivity index (χ4n) is 3.36. The van der Waals surface area contributed by atoms with E-state index in [1.807, 2.05) is 18.2 Å². The summed E-state index contributed by atoms with van der Waals surface area (Å²) in [6.45, 7) is 4.97. The summed E-state index contributed by atoms with van der Waals surface area (Å²) in [5.41, 5.74) is 2.48. The van der Waals surface area contributed by atoms with Gasteiger partial charge in [0.2, 0.25) is 5.91 Å². The lowest BCUT2D eigenvalue weighted by Gasteiger charge is -2.32. The van der Waals surface area contributed by atoms with Gasteiger partial charge in [-0.15, -0.1) is 0 Å². The first-order chi connectivity index (χ1) is 12.1. The SMILES string of the molecule is C[C@@H](NC(=O)C1CCN(Cc2ccc(Br)cc2)CC1)c1ccccc1. The van der Waals surface area contributed by atoms with Crippen LogP contribution in [0, 0.1) is 5.92 Å². The van der Waals surface area contributed by atoms with Crippen LogP contribution < -0.4 is 5.32 Å². The van der Waals surface area contributed by atoms with E-state index in [1.54, 1.807) is 0 Å². The summed E-state index contributed by atoms with van der Waals surface area (Å²) < 4.78 is 1.11. The van der Waals surface area contributed by atoms with Crippen molar-refractivity contribution in [2.45, 2.75) is 32.4 Å². The van der Waals surface area contributed by atoms with Crippen LogP contribution in [0.3, 0.4) is 0 Å². The highest BCUT2D eigenvalue weighted by atomic mass is 79.9. The van der Waals surface area contributed by atoms with Crippen LogP contribution in [-0.4, -0.2) is 23.9 Å². The zero-order chi connectivity index (χ0) is 17.6. The summed E-state index contributed by atoms with van der Waals surface area (Å²) in [4.78, 5) is 15.0. The standard InChI is InChI=1S/C21H25BrN2O/c1-16(18-5-3-2-4-6-18)23-21(25)19-11-13-24(14-12-19)15-17-7-9-20(22)10-8-17/h2-10,16,19H,11-15H2,1H3,(H,23,25)/t16-/m1/s1. The maximum absolute atomic E-state index is 12.5. The van der Waals surface area contributed by atoms with Crippen LogP contribution in [0.2, 0.25) is 0 Å². The van der Waals surface area contributed by atoms with Gasteiger partial charge in [-0.05, 0) is 56.1 Å². The molecular weight excluding hydrogens is 376 g/mol. The van der Waals surface area contributed by atoms with Gasteiger partial charge in [0.05, 0.1) is 6.04 Å². The minimum atomic E-state index is 0.0643. The molecule has 4 heteroatoms. The molecule has 2 aromatic rings. The summed E-state index contributed by atoms with van der Waals surface area (Å²) in [5, 5.41) is 3.17. The second-order valence-corrected chi connectivity index (χ2v) is 7.73. The number of hydrogen-bond acceptors (Lipinski definition) is 2. The molecule has 1 heterocycles. The van der Waals surface area contributed by atoms with Crippen molar-refractivity contribution in [1.82, 2.24) is 10.2 Å². The molecule has 1 N–H and O–H groups in total. The molecular formula is C21H25BrN2O. The van der Waals surface area contributed by atoms with Gasteiger partial charge in [-0.25, -0.2) is 0 Å². The van der Waals surface area contributed by atoms with Crippen molar-refractivity contribution in [1.29, 1.82) is 0 Å². The van der Waals surface area contributed by atoms with Crippen molar-refractivity contribution in [3.8, 4) is 0 Å². The molecule has 0 saturated carbocycles. The Bertz CT molecular complexity index is 679. The largest absolute Gasteiger partial charge is 0.349 e. The lowest BCUT2D eigenvalue weighted by molar-refractivity contribution is -0.127. The first-order valence-corrected chi connectivity index (χ1v) is 9.73. The Labute approximate surface area is 158 Å². The molecule has 1 aliphatic heterocycles. The van der Waals surface area contributed by atoms with Gasteiger partial charge in [0.15, 0.2) is 0 Å². The van der Waals surface area contributed by atoms with E-state index in [0.29, 0.717) is 0 Å². The van der Waals surface area contributed by atoms with Crippen molar-refractivity contribution in [2.24, 2.45) is 5.92 Å². The quantitative estimate of drug-likeness (QED) is 0.798. The smallest absolute Gasteiger partial charge is 0.223 e. The van der Waals surface area contributed by atoms with Crippen LogP contribution in [0.1, 0.15) is 36.9 Å². The molecule has 3 rings (SSSR count). The van der Waals surface area contributed by atoms with Crippen LogP contribution in [-0.2, 0) is 11.3 Å². The van der Waals surface area contributed by atoms with Gasteiger partial charge in [-0.2, -0.15) is 0 Å². The number of carbonyl (C=O) groups is 1.